The topological polar surface area (TPSA) is 133 Å². The maximum absolute atomic E-state index is 13.3. The molecule has 2 aromatic rings. The van der Waals surface area contributed by atoms with Gasteiger partial charge in [0.05, 0.1) is 17.0 Å². The summed E-state index contributed by atoms with van der Waals surface area (Å²) in [6, 6.07) is 4.07. The van der Waals surface area contributed by atoms with Crippen LogP contribution in [-0.4, -0.2) is 52.2 Å². The fourth-order valence-electron chi connectivity index (χ4n) is 5.73. The molecule has 0 radical (unpaired) electrons. The normalized spacial score (nSPS) is 23.7. The molecule has 2 saturated carbocycles. The highest BCUT2D eigenvalue weighted by atomic mass is 19.4. The fraction of sp³-hybridized carbons (Fsp3) is 0.500. The summed E-state index contributed by atoms with van der Waals surface area (Å²) in [7, 11) is 0. The lowest BCUT2D eigenvalue weighted by molar-refractivity contribution is -0.182. The summed E-state index contributed by atoms with van der Waals surface area (Å²) in [6.07, 6.45) is -1.02. The Morgan fingerprint density at radius 1 is 0.667 bits per heavy atom. The number of alkyl halides is 3. The van der Waals surface area contributed by atoms with Crippen molar-refractivity contribution in [1.82, 2.24) is 10.6 Å². The molecule has 0 aliphatic heterocycles. The van der Waals surface area contributed by atoms with Crippen LogP contribution in [0.1, 0.15) is 99.7 Å². The standard InChI is InChI=1S/C28H31F3N2O6/c1-14-2-6-16(7-3-14)32-24(34)18-10-11-19(23-21(27(38)39)13-12-20(22(18)23)26(36)37)25(35)33-17-8-4-15(5-9-17)28(29,30)31/h10-17H,2-9H2,1H3,(H,32,34)(H,33,35)(H,36,37)(H,38,39)/t14-,15-,16-,17+. The summed E-state index contributed by atoms with van der Waals surface area (Å²) in [5, 5.41) is 25.0. The van der Waals surface area contributed by atoms with E-state index in [4.69, 9.17) is 0 Å². The van der Waals surface area contributed by atoms with Crippen LogP contribution < -0.4 is 10.6 Å². The Morgan fingerprint density at radius 3 is 1.38 bits per heavy atom. The Balaban J connectivity index is 1.71. The molecule has 39 heavy (non-hydrogen) atoms. The molecule has 0 bridgehead atoms. The van der Waals surface area contributed by atoms with E-state index in [-0.39, 0.29) is 64.8 Å². The van der Waals surface area contributed by atoms with Gasteiger partial charge in [-0.15, -0.1) is 0 Å². The second kappa shape index (κ2) is 11.2. The molecule has 0 saturated heterocycles. The summed E-state index contributed by atoms with van der Waals surface area (Å²) in [6.45, 7) is 2.13. The lowest BCUT2D eigenvalue weighted by Gasteiger charge is -2.30. The van der Waals surface area contributed by atoms with Crippen molar-refractivity contribution in [3.8, 4) is 0 Å². The first-order chi connectivity index (χ1) is 18.4. The van der Waals surface area contributed by atoms with Gasteiger partial charge in [0.25, 0.3) is 11.8 Å². The van der Waals surface area contributed by atoms with Crippen LogP contribution in [0.15, 0.2) is 24.3 Å². The van der Waals surface area contributed by atoms with Crippen molar-refractivity contribution >= 4 is 34.5 Å². The van der Waals surface area contributed by atoms with E-state index in [0.29, 0.717) is 5.92 Å². The average molecular weight is 549 g/mol. The van der Waals surface area contributed by atoms with Gasteiger partial charge in [0.15, 0.2) is 0 Å². The van der Waals surface area contributed by atoms with Crippen molar-refractivity contribution in [2.45, 2.75) is 76.6 Å². The van der Waals surface area contributed by atoms with Gasteiger partial charge in [-0.3, -0.25) is 9.59 Å². The van der Waals surface area contributed by atoms with Gasteiger partial charge in [-0.25, -0.2) is 9.59 Å². The lowest BCUT2D eigenvalue weighted by atomic mass is 9.85. The Kier molecular flexibility index (Phi) is 8.17. The van der Waals surface area contributed by atoms with Gasteiger partial charge in [0.2, 0.25) is 0 Å². The average Bonchev–Trinajstić information content (AvgIpc) is 2.88. The zero-order chi connectivity index (χ0) is 28.5. The zero-order valence-electron chi connectivity index (χ0n) is 21.4. The Labute approximate surface area is 223 Å². The van der Waals surface area contributed by atoms with E-state index in [9.17, 15) is 42.6 Å². The van der Waals surface area contributed by atoms with Gasteiger partial charge in [0.1, 0.15) is 0 Å². The fourth-order valence-corrected chi connectivity index (χ4v) is 5.73. The number of carboxylic acid groups (broad SMARTS) is 2. The number of carbonyl (C=O) groups excluding carboxylic acids is 2. The van der Waals surface area contributed by atoms with Crippen LogP contribution >= 0.6 is 0 Å². The third kappa shape index (κ3) is 6.17. The number of amides is 2. The van der Waals surface area contributed by atoms with Gasteiger partial charge in [-0.1, -0.05) is 6.92 Å². The molecule has 0 unspecified atom stereocenters. The molecule has 2 aromatic carbocycles. The van der Waals surface area contributed by atoms with Gasteiger partial charge in [-0.2, -0.15) is 13.2 Å². The summed E-state index contributed by atoms with van der Waals surface area (Å²) >= 11 is 0. The second-order valence-corrected chi connectivity index (χ2v) is 10.7. The molecule has 2 aliphatic carbocycles. The van der Waals surface area contributed by atoms with Crippen molar-refractivity contribution in [2.75, 3.05) is 0 Å². The second-order valence-electron chi connectivity index (χ2n) is 10.7. The minimum absolute atomic E-state index is 0.0636. The van der Waals surface area contributed by atoms with Crippen LogP contribution in [-0.2, 0) is 0 Å². The van der Waals surface area contributed by atoms with Crippen LogP contribution in [0.5, 0.6) is 0 Å². The van der Waals surface area contributed by atoms with Crippen LogP contribution in [0.4, 0.5) is 13.2 Å². The lowest BCUT2D eigenvalue weighted by Crippen LogP contribution is -2.40. The number of fused-ring (bicyclic) bond motifs is 1. The number of halogens is 3. The molecule has 11 heteroatoms. The maximum atomic E-state index is 13.3. The van der Waals surface area contributed by atoms with Crippen LogP contribution in [0.25, 0.3) is 10.8 Å². The Bertz CT molecular complexity index is 1290. The molecule has 0 heterocycles. The summed E-state index contributed by atoms with van der Waals surface area (Å²) in [5.74, 6) is -5.03. The number of aromatic carboxylic acids is 2. The number of hydrogen-bond donors (Lipinski definition) is 4. The number of hydrogen-bond acceptors (Lipinski definition) is 4. The highest BCUT2D eigenvalue weighted by Gasteiger charge is 2.41. The number of nitrogens with one attached hydrogen (secondary N) is 2. The molecule has 210 valence electrons. The van der Waals surface area contributed by atoms with Crippen molar-refractivity contribution in [2.24, 2.45) is 11.8 Å². The highest BCUT2D eigenvalue weighted by Crippen LogP contribution is 2.38. The van der Waals surface area contributed by atoms with Crippen LogP contribution in [0.3, 0.4) is 0 Å². The Morgan fingerprint density at radius 2 is 1.03 bits per heavy atom. The summed E-state index contributed by atoms with van der Waals surface area (Å²) in [4.78, 5) is 50.9. The van der Waals surface area contributed by atoms with Crippen molar-refractivity contribution < 1.29 is 42.6 Å². The van der Waals surface area contributed by atoms with Gasteiger partial charge < -0.3 is 20.8 Å². The van der Waals surface area contributed by atoms with E-state index in [0.717, 1.165) is 37.8 Å². The molecule has 4 rings (SSSR count). The predicted molar refractivity (Wildman–Crippen MR) is 136 cm³/mol. The maximum Gasteiger partial charge on any atom is 0.391 e. The molecule has 0 spiro atoms. The van der Waals surface area contributed by atoms with Crippen LogP contribution in [0, 0.1) is 11.8 Å². The molecule has 8 nitrogen and oxygen atoms in total. The molecule has 0 aromatic heterocycles. The van der Waals surface area contributed by atoms with E-state index in [1.807, 2.05) is 0 Å². The molecular weight excluding hydrogens is 517 g/mol. The van der Waals surface area contributed by atoms with E-state index in [1.54, 1.807) is 0 Å². The largest absolute Gasteiger partial charge is 0.478 e. The van der Waals surface area contributed by atoms with Gasteiger partial charge in [0, 0.05) is 34.0 Å². The quantitative estimate of drug-likeness (QED) is 0.382. The minimum Gasteiger partial charge on any atom is -0.478 e. The number of benzene rings is 2. The van der Waals surface area contributed by atoms with Crippen molar-refractivity contribution in [1.29, 1.82) is 0 Å². The monoisotopic (exact) mass is 548 g/mol. The van der Waals surface area contributed by atoms with E-state index in [2.05, 4.69) is 17.6 Å². The summed E-state index contributed by atoms with van der Waals surface area (Å²) in [5.41, 5.74) is -0.919. The van der Waals surface area contributed by atoms with Crippen LogP contribution in [0.2, 0.25) is 0 Å². The molecular formula is C28H31F3N2O6. The third-order valence-electron chi connectivity index (χ3n) is 7.99. The number of rotatable bonds is 6. The van der Waals surface area contributed by atoms with Gasteiger partial charge in [-0.05, 0) is 81.5 Å². The van der Waals surface area contributed by atoms with E-state index in [1.165, 1.54) is 12.1 Å². The first-order valence-electron chi connectivity index (χ1n) is 13.1. The van der Waals surface area contributed by atoms with Crippen molar-refractivity contribution in [3.05, 3.63) is 46.5 Å². The minimum atomic E-state index is -4.30. The zero-order valence-corrected chi connectivity index (χ0v) is 21.4. The number of carbonyl (C=O) groups is 4. The molecule has 2 aliphatic rings. The number of carboxylic acids is 2. The molecule has 4 N–H and O–H groups in total. The van der Waals surface area contributed by atoms with Crippen molar-refractivity contribution in [3.63, 3.8) is 0 Å². The Hall–Kier alpha value is -3.63. The van der Waals surface area contributed by atoms with E-state index < -0.39 is 41.9 Å². The van der Waals surface area contributed by atoms with Gasteiger partial charge >= 0.3 is 18.1 Å². The smallest absolute Gasteiger partial charge is 0.391 e. The first kappa shape index (κ1) is 28.4. The summed E-state index contributed by atoms with van der Waals surface area (Å²) < 4.78 is 39.1. The SMILES string of the molecule is C[C@H]1CC[C@H](NC(=O)c2ccc(C(=O)N[C@H]3CC[C@@H](C(F)(F)F)CC3)c3c(C(=O)O)ccc(C(=O)O)c23)CC1. The predicted octanol–water partition coefficient (Wildman–Crippen LogP) is 5.40. The molecule has 2 amide bonds. The van der Waals surface area contributed by atoms with E-state index >= 15 is 0 Å². The third-order valence-corrected chi connectivity index (χ3v) is 7.99. The first-order valence-corrected chi connectivity index (χ1v) is 13.1. The highest BCUT2D eigenvalue weighted by molar-refractivity contribution is 6.23. The molecule has 0 atom stereocenters. The molecule has 2 fully saturated rings.